The lowest BCUT2D eigenvalue weighted by atomic mass is 9.94. The van der Waals surface area contributed by atoms with Crippen molar-refractivity contribution in [3.05, 3.63) is 0 Å². The number of ether oxygens (including phenoxy) is 1. The van der Waals surface area contributed by atoms with Crippen LogP contribution in [0.15, 0.2) is 0 Å². The highest BCUT2D eigenvalue weighted by Crippen LogP contribution is 2.20. The van der Waals surface area contributed by atoms with Crippen LogP contribution in [0.25, 0.3) is 0 Å². The Balaban J connectivity index is 2.60. The largest absolute Gasteiger partial charge is 0.459 e. The first kappa shape index (κ1) is 12.4. The van der Waals surface area contributed by atoms with Gasteiger partial charge in [-0.1, -0.05) is 0 Å². The number of carbonyl (C=O) groups excluding carboxylic acids is 1. The fourth-order valence-corrected chi connectivity index (χ4v) is 1.55. The molecule has 1 aliphatic heterocycles. The van der Waals surface area contributed by atoms with Gasteiger partial charge in [0.05, 0.1) is 0 Å². The van der Waals surface area contributed by atoms with E-state index in [1.165, 1.54) is 0 Å². The number of hydrogen-bond acceptors (Lipinski definition) is 5. The van der Waals surface area contributed by atoms with E-state index in [1.807, 2.05) is 0 Å². The van der Waals surface area contributed by atoms with Gasteiger partial charge in [0.15, 0.2) is 0 Å². The lowest BCUT2D eigenvalue weighted by Crippen LogP contribution is -2.55. The van der Waals surface area contributed by atoms with E-state index in [2.05, 4.69) is 5.32 Å². The maximum absolute atomic E-state index is 11.6. The van der Waals surface area contributed by atoms with E-state index in [1.54, 1.807) is 20.8 Å². The molecule has 0 aromatic carbocycles. The monoisotopic (exact) mass is 216 g/mol. The molecule has 88 valence electrons. The van der Waals surface area contributed by atoms with Crippen LogP contribution in [-0.2, 0) is 9.53 Å². The zero-order valence-electron chi connectivity index (χ0n) is 9.54. The van der Waals surface area contributed by atoms with Gasteiger partial charge >= 0.3 is 5.97 Å². The molecule has 4 N–H and O–H groups in total. The Morgan fingerprint density at radius 1 is 1.60 bits per heavy atom. The molecule has 5 heteroatoms. The third kappa shape index (κ3) is 3.15. The van der Waals surface area contributed by atoms with Gasteiger partial charge in [0.2, 0.25) is 0 Å². The van der Waals surface area contributed by atoms with Gasteiger partial charge < -0.3 is 20.9 Å². The number of rotatable bonds is 2. The van der Waals surface area contributed by atoms with Crippen molar-refractivity contribution in [2.24, 2.45) is 5.73 Å². The Labute approximate surface area is 90.0 Å². The topological polar surface area (TPSA) is 84.6 Å². The molecule has 1 rings (SSSR count). The van der Waals surface area contributed by atoms with Crippen LogP contribution in [0.5, 0.6) is 0 Å². The molecule has 0 aliphatic carbocycles. The Kier molecular flexibility index (Phi) is 3.38. The van der Waals surface area contributed by atoms with Crippen LogP contribution in [0.3, 0.4) is 0 Å². The van der Waals surface area contributed by atoms with E-state index in [0.717, 1.165) is 0 Å². The molecule has 2 atom stereocenters. The molecular formula is C10H20N2O3. The smallest absolute Gasteiger partial charge is 0.326 e. The van der Waals surface area contributed by atoms with Crippen LogP contribution in [0, 0.1) is 0 Å². The molecule has 0 amide bonds. The molecule has 0 aromatic rings. The summed E-state index contributed by atoms with van der Waals surface area (Å²) < 4.78 is 5.13. The van der Waals surface area contributed by atoms with Crippen molar-refractivity contribution in [2.45, 2.75) is 44.4 Å². The third-order valence-corrected chi connectivity index (χ3v) is 2.41. The number of carbonyl (C=O) groups is 1. The molecule has 0 aromatic heterocycles. The molecule has 1 heterocycles. The molecule has 1 fully saturated rings. The normalized spacial score (nSPS) is 28.9. The third-order valence-electron chi connectivity index (χ3n) is 2.41. The van der Waals surface area contributed by atoms with Gasteiger partial charge in [-0.15, -0.1) is 0 Å². The van der Waals surface area contributed by atoms with Crippen molar-refractivity contribution in [3.8, 4) is 0 Å². The average Bonchev–Trinajstić information content (AvgIpc) is 2.49. The fourth-order valence-electron chi connectivity index (χ4n) is 1.55. The van der Waals surface area contributed by atoms with Crippen LogP contribution < -0.4 is 11.1 Å². The zero-order valence-corrected chi connectivity index (χ0v) is 9.54. The highest BCUT2D eigenvalue weighted by atomic mass is 16.6. The molecule has 0 unspecified atom stereocenters. The van der Waals surface area contributed by atoms with Crippen molar-refractivity contribution in [3.63, 3.8) is 0 Å². The summed E-state index contributed by atoms with van der Waals surface area (Å²) in [5.74, 6) is -0.547. The second kappa shape index (κ2) is 4.08. The summed E-state index contributed by atoms with van der Waals surface area (Å²) in [5.41, 5.74) is 3.96. The number of hydrogen-bond donors (Lipinski definition) is 3. The second-order valence-electron chi connectivity index (χ2n) is 5.04. The van der Waals surface area contributed by atoms with Crippen molar-refractivity contribution >= 4 is 5.97 Å². The van der Waals surface area contributed by atoms with E-state index in [-0.39, 0.29) is 0 Å². The number of β-amino-alcohol motifs (C(OH)–C–C–N with tert-alkyl or cyclic N) is 1. The molecule has 1 saturated heterocycles. The van der Waals surface area contributed by atoms with E-state index in [4.69, 9.17) is 10.5 Å². The van der Waals surface area contributed by atoms with Gasteiger partial charge in [-0.05, 0) is 33.7 Å². The Bertz CT molecular complexity index is 242. The molecule has 0 spiro atoms. The van der Waals surface area contributed by atoms with Gasteiger partial charge in [0.1, 0.15) is 17.2 Å². The summed E-state index contributed by atoms with van der Waals surface area (Å²) in [6.07, 6.45) is 0.480. The minimum absolute atomic E-state index is 0.341. The Morgan fingerprint density at radius 3 is 2.60 bits per heavy atom. The Morgan fingerprint density at radius 2 is 2.20 bits per heavy atom. The van der Waals surface area contributed by atoms with Gasteiger partial charge in [0.25, 0.3) is 0 Å². The first-order chi connectivity index (χ1) is 6.75. The standard InChI is InChI=1S/C10H20N2O3/c1-9(2,3)15-8(13)7(11)10(14)4-5-12-6-10/h7,12,14H,4-6,11H2,1-3H3/t7-,10-/m0/s1. The maximum Gasteiger partial charge on any atom is 0.326 e. The molecule has 15 heavy (non-hydrogen) atoms. The van der Waals surface area contributed by atoms with E-state index in [0.29, 0.717) is 19.5 Å². The minimum Gasteiger partial charge on any atom is -0.459 e. The first-order valence-electron chi connectivity index (χ1n) is 5.16. The van der Waals surface area contributed by atoms with Crippen LogP contribution in [0.4, 0.5) is 0 Å². The minimum atomic E-state index is -1.16. The lowest BCUT2D eigenvalue weighted by molar-refractivity contribution is -0.162. The van der Waals surface area contributed by atoms with Crippen molar-refractivity contribution < 1.29 is 14.6 Å². The summed E-state index contributed by atoms with van der Waals surface area (Å²) in [6.45, 7) is 6.33. The van der Waals surface area contributed by atoms with Crippen LogP contribution in [0.1, 0.15) is 27.2 Å². The average molecular weight is 216 g/mol. The number of nitrogens with one attached hydrogen (secondary N) is 1. The molecule has 0 saturated carbocycles. The fraction of sp³-hybridized carbons (Fsp3) is 0.900. The second-order valence-corrected chi connectivity index (χ2v) is 5.04. The van der Waals surface area contributed by atoms with E-state index < -0.39 is 23.2 Å². The summed E-state index contributed by atoms with van der Waals surface area (Å²) in [4.78, 5) is 11.6. The van der Waals surface area contributed by atoms with E-state index >= 15 is 0 Å². The van der Waals surface area contributed by atoms with Crippen LogP contribution in [0.2, 0.25) is 0 Å². The Hall–Kier alpha value is -0.650. The summed E-state index contributed by atoms with van der Waals surface area (Å²) in [7, 11) is 0. The molecule has 1 aliphatic rings. The first-order valence-corrected chi connectivity index (χ1v) is 5.16. The van der Waals surface area contributed by atoms with Gasteiger partial charge in [-0.3, -0.25) is 4.79 Å². The number of esters is 1. The molecular weight excluding hydrogens is 196 g/mol. The predicted molar refractivity (Wildman–Crippen MR) is 56.3 cm³/mol. The zero-order chi connectivity index (χ0) is 11.7. The van der Waals surface area contributed by atoms with Crippen LogP contribution in [-0.4, -0.2) is 41.4 Å². The number of aliphatic hydroxyl groups is 1. The van der Waals surface area contributed by atoms with Gasteiger partial charge in [0, 0.05) is 6.54 Å². The predicted octanol–water partition coefficient (Wildman–Crippen LogP) is -0.620. The van der Waals surface area contributed by atoms with Crippen LogP contribution >= 0.6 is 0 Å². The molecule has 5 nitrogen and oxygen atoms in total. The summed E-state index contributed by atoms with van der Waals surface area (Å²) in [5, 5.41) is 13.0. The maximum atomic E-state index is 11.6. The molecule has 0 bridgehead atoms. The van der Waals surface area contributed by atoms with Crippen molar-refractivity contribution in [1.29, 1.82) is 0 Å². The van der Waals surface area contributed by atoms with Gasteiger partial charge in [-0.25, -0.2) is 0 Å². The van der Waals surface area contributed by atoms with Gasteiger partial charge in [-0.2, -0.15) is 0 Å². The van der Waals surface area contributed by atoms with Crippen molar-refractivity contribution in [2.75, 3.05) is 13.1 Å². The highest BCUT2D eigenvalue weighted by molar-refractivity contribution is 5.77. The number of nitrogens with two attached hydrogens (primary N) is 1. The highest BCUT2D eigenvalue weighted by Gasteiger charge is 2.43. The lowest BCUT2D eigenvalue weighted by Gasteiger charge is -2.30. The van der Waals surface area contributed by atoms with E-state index in [9.17, 15) is 9.90 Å². The quantitative estimate of drug-likeness (QED) is 0.536. The summed E-state index contributed by atoms with van der Waals surface area (Å²) >= 11 is 0. The summed E-state index contributed by atoms with van der Waals surface area (Å²) in [6, 6.07) is -0.980. The molecule has 0 radical (unpaired) electrons. The van der Waals surface area contributed by atoms with Crippen molar-refractivity contribution in [1.82, 2.24) is 5.32 Å². The SMILES string of the molecule is CC(C)(C)OC(=O)[C@H](N)[C@]1(O)CCNC1.